The van der Waals surface area contributed by atoms with Gasteiger partial charge in [0.1, 0.15) is 8.11 Å². The molecular formula is C3H6NSi2. The van der Waals surface area contributed by atoms with Crippen molar-refractivity contribution in [2.45, 2.75) is 6.04 Å². The maximum atomic E-state index is 7.21. The van der Waals surface area contributed by atoms with Crippen molar-refractivity contribution in [2.75, 3.05) is 0 Å². The highest BCUT2D eigenvalue weighted by Crippen LogP contribution is 1.92. The SMILES string of the molecule is N=[Si]1CC=C[SiH]1. The molecule has 1 aliphatic rings. The van der Waals surface area contributed by atoms with Gasteiger partial charge in [0, 0.05) is 0 Å². The van der Waals surface area contributed by atoms with Crippen LogP contribution in [0.3, 0.4) is 0 Å². The summed E-state index contributed by atoms with van der Waals surface area (Å²) in [5.74, 6) is 0. The van der Waals surface area contributed by atoms with Crippen LogP contribution in [0, 0.1) is 5.05 Å². The lowest BCUT2D eigenvalue weighted by Gasteiger charge is -1.74. The van der Waals surface area contributed by atoms with Crippen molar-refractivity contribution in [1.82, 2.24) is 0 Å². The van der Waals surface area contributed by atoms with Crippen molar-refractivity contribution in [1.29, 1.82) is 5.05 Å². The molecule has 0 aliphatic carbocycles. The van der Waals surface area contributed by atoms with Crippen molar-refractivity contribution < 1.29 is 0 Å². The minimum Gasteiger partial charge on any atom is -0.355 e. The molecule has 0 aromatic carbocycles. The monoisotopic (exact) mass is 112 g/mol. The van der Waals surface area contributed by atoms with Crippen LogP contribution >= 0.6 is 0 Å². The fraction of sp³-hybridized carbons (Fsp3) is 0.333. The lowest BCUT2D eigenvalue weighted by atomic mass is 10.8. The van der Waals surface area contributed by atoms with Crippen molar-refractivity contribution in [2.24, 2.45) is 0 Å². The first-order chi connectivity index (χ1) is 2.89. The average Bonchev–Trinajstić information content (AvgIpc) is 1.86. The summed E-state index contributed by atoms with van der Waals surface area (Å²) in [5, 5.41) is 7.21. The lowest BCUT2D eigenvalue weighted by Crippen LogP contribution is -1.98. The van der Waals surface area contributed by atoms with Crippen molar-refractivity contribution in [3.63, 3.8) is 0 Å². The van der Waals surface area contributed by atoms with Gasteiger partial charge >= 0.3 is 0 Å². The molecule has 1 N–H and O–H groups in total. The summed E-state index contributed by atoms with van der Waals surface area (Å²) in [6.45, 7) is 0. The Kier molecular flexibility index (Phi) is 1.11. The van der Waals surface area contributed by atoms with E-state index in [0.717, 1.165) is 6.04 Å². The average molecular weight is 112 g/mol. The summed E-state index contributed by atoms with van der Waals surface area (Å²) in [4.78, 5) is 0. The number of hydrogen-bond acceptors (Lipinski definition) is 1. The molecule has 1 nitrogen and oxygen atoms in total. The van der Waals surface area contributed by atoms with E-state index in [2.05, 4.69) is 11.8 Å². The molecule has 0 aromatic rings. The second-order valence-electron chi connectivity index (χ2n) is 1.32. The first-order valence-corrected chi connectivity index (χ1v) is 6.15. The maximum absolute atomic E-state index is 7.21. The summed E-state index contributed by atoms with van der Waals surface area (Å²) < 4.78 is 0. The Bertz CT molecular complexity index is 87.0. The van der Waals surface area contributed by atoms with Crippen LogP contribution < -0.4 is 0 Å². The third-order valence-electron chi connectivity index (χ3n) is 0.771. The van der Waals surface area contributed by atoms with Gasteiger partial charge in [0.25, 0.3) is 0 Å². The van der Waals surface area contributed by atoms with E-state index >= 15 is 0 Å². The van der Waals surface area contributed by atoms with E-state index in [1.54, 1.807) is 0 Å². The van der Waals surface area contributed by atoms with Gasteiger partial charge in [-0.05, 0) is 6.04 Å². The number of nitrogens with one attached hydrogen (secondary N) is 1. The third-order valence-corrected chi connectivity index (χ3v) is 4.81. The Morgan fingerprint density at radius 3 is 2.83 bits per heavy atom. The van der Waals surface area contributed by atoms with Crippen LogP contribution in [-0.2, 0) is 0 Å². The van der Waals surface area contributed by atoms with Crippen molar-refractivity contribution in [3.05, 3.63) is 11.8 Å². The molecule has 0 aromatic heterocycles. The Balaban J connectivity index is 2.52. The van der Waals surface area contributed by atoms with E-state index in [-0.39, 0.29) is 0 Å². The third kappa shape index (κ3) is 0.723. The smallest absolute Gasteiger partial charge is 0.105 e. The second-order valence-corrected chi connectivity index (χ2v) is 6.59. The van der Waals surface area contributed by atoms with Crippen molar-refractivity contribution >= 4 is 17.1 Å². The van der Waals surface area contributed by atoms with Gasteiger partial charge in [-0.2, -0.15) is 0 Å². The standard InChI is InChI=1S/C3H6NSi2/c4-6-3-1-2-5-6/h1-2,4-5H,3H2. The maximum Gasteiger partial charge on any atom is 0.105 e. The fourth-order valence-corrected chi connectivity index (χ4v) is 3.67. The van der Waals surface area contributed by atoms with Gasteiger partial charge in [-0.25, -0.2) is 0 Å². The molecule has 0 spiro atoms. The Morgan fingerprint density at radius 2 is 2.67 bits per heavy atom. The first kappa shape index (κ1) is 4.14. The molecule has 1 heterocycles. The van der Waals surface area contributed by atoms with Crippen LogP contribution in [0.25, 0.3) is 0 Å². The van der Waals surface area contributed by atoms with Crippen LogP contribution in [0.1, 0.15) is 0 Å². The Morgan fingerprint density at radius 1 is 1.83 bits per heavy atom. The fourth-order valence-electron chi connectivity index (χ4n) is 0.447. The van der Waals surface area contributed by atoms with Gasteiger partial charge in [-0.15, -0.1) is 5.70 Å². The predicted molar refractivity (Wildman–Crippen MR) is 29.6 cm³/mol. The molecule has 0 amide bonds. The highest BCUT2D eigenvalue weighted by Gasteiger charge is 1.98. The summed E-state index contributed by atoms with van der Waals surface area (Å²) in [5.41, 5.74) is 2.20. The predicted octanol–water partition coefficient (Wildman–Crippen LogP) is 0.286. The number of allylic oxidation sites excluding steroid dienone is 1. The first-order valence-electron chi connectivity index (χ1n) is 1.97. The minimum atomic E-state index is -0.535. The molecule has 1 rings (SSSR count). The highest BCUT2D eigenvalue weighted by atomic mass is 29.2. The van der Waals surface area contributed by atoms with Crippen LogP contribution in [0.2, 0.25) is 6.04 Å². The molecule has 0 saturated heterocycles. The molecule has 0 saturated carbocycles. The van der Waals surface area contributed by atoms with Gasteiger partial charge in [-0.3, -0.25) is 0 Å². The molecule has 0 bridgehead atoms. The van der Waals surface area contributed by atoms with Crippen LogP contribution in [0.5, 0.6) is 0 Å². The summed E-state index contributed by atoms with van der Waals surface area (Å²) in [7, 11) is -0.0720. The second kappa shape index (κ2) is 1.61. The number of hydrogen-bond donors (Lipinski definition) is 1. The Hall–Kier alpha value is -0.0262. The van der Waals surface area contributed by atoms with E-state index < -0.39 is 8.11 Å². The highest BCUT2D eigenvalue weighted by molar-refractivity contribution is 7.08. The van der Waals surface area contributed by atoms with E-state index in [1.807, 2.05) is 0 Å². The topological polar surface area (TPSA) is 23.9 Å². The molecule has 0 atom stereocenters. The molecular weight excluding hydrogens is 106 g/mol. The van der Waals surface area contributed by atoms with Gasteiger partial charge < -0.3 is 5.05 Å². The molecule has 0 unspecified atom stereocenters. The summed E-state index contributed by atoms with van der Waals surface area (Å²) in [6, 6.07) is 1.11. The zero-order chi connectivity index (χ0) is 4.41. The van der Waals surface area contributed by atoms with Gasteiger partial charge in [0.15, 0.2) is 0 Å². The summed E-state index contributed by atoms with van der Waals surface area (Å²) >= 11 is 0. The molecule has 0 fully saturated rings. The largest absolute Gasteiger partial charge is 0.355 e. The lowest BCUT2D eigenvalue weighted by molar-refractivity contribution is 1.54. The summed E-state index contributed by atoms with van der Waals surface area (Å²) in [6.07, 6.45) is 2.15. The van der Waals surface area contributed by atoms with Crippen molar-refractivity contribution in [3.8, 4) is 0 Å². The van der Waals surface area contributed by atoms with E-state index in [0.29, 0.717) is 9.04 Å². The molecule has 6 heavy (non-hydrogen) atoms. The van der Waals surface area contributed by atoms with E-state index in [9.17, 15) is 0 Å². The normalized spacial score (nSPS) is 19.7. The minimum absolute atomic E-state index is 0.463. The van der Waals surface area contributed by atoms with E-state index in [4.69, 9.17) is 5.05 Å². The van der Waals surface area contributed by atoms with Gasteiger partial charge in [0.2, 0.25) is 0 Å². The van der Waals surface area contributed by atoms with E-state index in [1.165, 1.54) is 0 Å². The molecule has 1 radical (unpaired) electrons. The van der Waals surface area contributed by atoms with Gasteiger partial charge in [0.05, 0.1) is 9.04 Å². The Labute approximate surface area is 40.8 Å². The van der Waals surface area contributed by atoms with Gasteiger partial charge in [-0.1, -0.05) is 6.08 Å². The molecule has 3 heteroatoms. The molecule has 1 aliphatic heterocycles. The zero-order valence-electron chi connectivity index (χ0n) is 3.44. The zero-order valence-corrected chi connectivity index (χ0v) is 5.59. The quantitative estimate of drug-likeness (QED) is 0.435. The van der Waals surface area contributed by atoms with Crippen LogP contribution in [0.15, 0.2) is 11.8 Å². The number of rotatable bonds is 0. The molecule has 31 valence electrons. The van der Waals surface area contributed by atoms with Crippen LogP contribution in [-0.4, -0.2) is 17.1 Å². The van der Waals surface area contributed by atoms with Crippen LogP contribution in [0.4, 0.5) is 0 Å².